The van der Waals surface area contributed by atoms with Gasteiger partial charge in [-0.15, -0.1) is 0 Å². The summed E-state index contributed by atoms with van der Waals surface area (Å²) in [4.78, 5) is 0. The van der Waals surface area contributed by atoms with Gasteiger partial charge in [-0.05, 0) is 36.4 Å². The van der Waals surface area contributed by atoms with Crippen LogP contribution in [0.4, 0.5) is 8.78 Å². The smallest absolute Gasteiger partial charge is 0.134 e. The van der Waals surface area contributed by atoms with Crippen LogP contribution in [0.3, 0.4) is 0 Å². The summed E-state index contributed by atoms with van der Waals surface area (Å²) in [7, 11) is 0. The third-order valence-corrected chi connectivity index (χ3v) is 1.79. The Labute approximate surface area is 85.9 Å². The van der Waals surface area contributed by atoms with Crippen molar-refractivity contribution in [3.05, 3.63) is 60.2 Å². The third kappa shape index (κ3) is 2.53. The van der Waals surface area contributed by atoms with E-state index < -0.39 is 5.82 Å². The molecule has 0 unspecified atom stereocenters. The molecule has 0 saturated heterocycles. The van der Waals surface area contributed by atoms with Gasteiger partial charge in [0, 0.05) is 12.1 Å². The maximum Gasteiger partial charge on any atom is 0.134 e. The van der Waals surface area contributed by atoms with Gasteiger partial charge in [0.2, 0.25) is 0 Å². The summed E-state index contributed by atoms with van der Waals surface area (Å²) in [6.45, 7) is 0. The molecular formula is C12H7F2O. The average Bonchev–Trinajstić information content (AvgIpc) is 2.22. The van der Waals surface area contributed by atoms with E-state index in [1.165, 1.54) is 36.4 Å². The zero-order valence-electron chi connectivity index (χ0n) is 7.71. The van der Waals surface area contributed by atoms with Crippen molar-refractivity contribution < 1.29 is 13.5 Å². The molecule has 0 aliphatic carbocycles. The van der Waals surface area contributed by atoms with Crippen molar-refractivity contribution >= 4 is 0 Å². The first-order chi connectivity index (χ1) is 7.24. The summed E-state index contributed by atoms with van der Waals surface area (Å²) in [5, 5.41) is 0. The van der Waals surface area contributed by atoms with Gasteiger partial charge in [0.15, 0.2) is 0 Å². The lowest BCUT2D eigenvalue weighted by molar-refractivity contribution is 0.474. The largest absolute Gasteiger partial charge is 0.457 e. The summed E-state index contributed by atoms with van der Waals surface area (Å²) in [6, 6.07) is 12.1. The minimum Gasteiger partial charge on any atom is -0.457 e. The first kappa shape index (κ1) is 9.65. The Hall–Kier alpha value is -1.90. The van der Waals surface area contributed by atoms with Crippen molar-refractivity contribution in [2.24, 2.45) is 0 Å². The summed E-state index contributed by atoms with van der Waals surface area (Å²) in [6.07, 6.45) is 0. The highest BCUT2D eigenvalue weighted by molar-refractivity contribution is 5.30. The van der Waals surface area contributed by atoms with Gasteiger partial charge in [-0.1, -0.05) is 0 Å². The van der Waals surface area contributed by atoms with E-state index in [4.69, 9.17) is 4.74 Å². The van der Waals surface area contributed by atoms with Gasteiger partial charge in [-0.2, -0.15) is 0 Å². The Kier molecular flexibility index (Phi) is 2.63. The fourth-order valence-electron chi connectivity index (χ4n) is 1.12. The molecule has 2 rings (SSSR count). The van der Waals surface area contributed by atoms with E-state index in [1.54, 1.807) is 6.07 Å². The van der Waals surface area contributed by atoms with Crippen LogP contribution in [0.15, 0.2) is 42.5 Å². The number of halogens is 2. The van der Waals surface area contributed by atoms with Crippen molar-refractivity contribution in [1.29, 1.82) is 0 Å². The van der Waals surface area contributed by atoms with E-state index in [0.29, 0.717) is 11.5 Å². The SMILES string of the molecule is Fc1[c]ccc(Oc2ccc(F)cc2)c1. The van der Waals surface area contributed by atoms with Crippen molar-refractivity contribution in [3.63, 3.8) is 0 Å². The van der Waals surface area contributed by atoms with Crippen molar-refractivity contribution in [2.75, 3.05) is 0 Å². The normalized spacial score (nSPS) is 10.0. The topological polar surface area (TPSA) is 9.23 Å². The molecule has 3 heteroatoms. The van der Waals surface area contributed by atoms with Crippen LogP contribution in [0, 0.1) is 17.7 Å². The molecule has 0 spiro atoms. The number of hydrogen-bond acceptors (Lipinski definition) is 1. The molecule has 0 fully saturated rings. The summed E-state index contributed by atoms with van der Waals surface area (Å²) < 4.78 is 30.6. The quantitative estimate of drug-likeness (QED) is 0.728. The number of hydrogen-bond donors (Lipinski definition) is 0. The van der Waals surface area contributed by atoms with Crippen LogP contribution in [0.25, 0.3) is 0 Å². The average molecular weight is 205 g/mol. The summed E-state index contributed by atoms with van der Waals surface area (Å²) >= 11 is 0. The third-order valence-electron chi connectivity index (χ3n) is 1.79. The van der Waals surface area contributed by atoms with E-state index in [2.05, 4.69) is 6.07 Å². The van der Waals surface area contributed by atoms with Crippen LogP contribution in [0.1, 0.15) is 0 Å². The Morgan fingerprint density at radius 3 is 2.33 bits per heavy atom. The Bertz CT molecular complexity index is 451. The molecule has 1 radical (unpaired) electrons. The maximum atomic E-state index is 12.7. The second-order valence-electron chi connectivity index (χ2n) is 2.93. The molecule has 0 aromatic heterocycles. The van der Waals surface area contributed by atoms with Crippen molar-refractivity contribution in [2.45, 2.75) is 0 Å². The molecule has 0 saturated carbocycles. The van der Waals surface area contributed by atoms with Crippen LogP contribution in [0.2, 0.25) is 0 Å². The highest BCUT2D eigenvalue weighted by Gasteiger charge is 1.98. The van der Waals surface area contributed by atoms with Gasteiger partial charge in [-0.3, -0.25) is 0 Å². The van der Waals surface area contributed by atoms with E-state index in [0.717, 1.165) is 0 Å². The molecular weight excluding hydrogens is 198 g/mol. The lowest BCUT2D eigenvalue weighted by Gasteiger charge is -2.04. The molecule has 0 N–H and O–H groups in total. The van der Waals surface area contributed by atoms with E-state index in [-0.39, 0.29) is 5.82 Å². The van der Waals surface area contributed by atoms with Gasteiger partial charge >= 0.3 is 0 Å². The zero-order valence-corrected chi connectivity index (χ0v) is 7.71. The fraction of sp³-hybridized carbons (Fsp3) is 0. The summed E-state index contributed by atoms with van der Waals surface area (Å²) in [5.41, 5.74) is 0. The highest BCUT2D eigenvalue weighted by Crippen LogP contribution is 2.21. The van der Waals surface area contributed by atoms with Gasteiger partial charge in [0.05, 0.1) is 0 Å². The van der Waals surface area contributed by atoms with Gasteiger partial charge < -0.3 is 4.74 Å². The molecule has 0 aliphatic rings. The first-order valence-electron chi connectivity index (χ1n) is 4.35. The molecule has 0 amide bonds. The monoisotopic (exact) mass is 205 g/mol. The maximum absolute atomic E-state index is 12.7. The number of rotatable bonds is 2. The fourth-order valence-corrected chi connectivity index (χ4v) is 1.12. The first-order valence-corrected chi connectivity index (χ1v) is 4.35. The molecule has 2 aromatic carbocycles. The highest BCUT2D eigenvalue weighted by atomic mass is 19.1. The van der Waals surface area contributed by atoms with Crippen LogP contribution >= 0.6 is 0 Å². The van der Waals surface area contributed by atoms with E-state index in [1.807, 2.05) is 0 Å². The molecule has 2 aromatic rings. The van der Waals surface area contributed by atoms with E-state index >= 15 is 0 Å². The predicted octanol–water partition coefficient (Wildman–Crippen LogP) is 3.56. The van der Waals surface area contributed by atoms with Crippen LogP contribution in [0.5, 0.6) is 11.5 Å². The Balaban J connectivity index is 2.18. The zero-order chi connectivity index (χ0) is 10.7. The second kappa shape index (κ2) is 4.09. The second-order valence-corrected chi connectivity index (χ2v) is 2.93. The molecule has 0 aliphatic heterocycles. The van der Waals surface area contributed by atoms with Gasteiger partial charge in [0.1, 0.15) is 23.1 Å². The number of ether oxygens (including phenoxy) is 1. The van der Waals surface area contributed by atoms with Crippen LogP contribution < -0.4 is 4.74 Å². The number of benzene rings is 2. The molecule has 0 heterocycles. The van der Waals surface area contributed by atoms with Crippen molar-refractivity contribution in [1.82, 2.24) is 0 Å². The minimum absolute atomic E-state index is 0.338. The Morgan fingerprint density at radius 1 is 0.933 bits per heavy atom. The lowest BCUT2D eigenvalue weighted by Crippen LogP contribution is -1.85. The van der Waals surface area contributed by atoms with Crippen molar-refractivity contribution in [3.8, 4) is 11.5 Å². The molecule has 75 valence electrons. The van der Waals surface area contributed by atoms with Crippen LogP contribution in [-0.2, 0) is 0 Å². The van der Waals surface area contributed by atoms with E-state index in [9.17, 15) is 8.78 Å². The Morgan fingerprint density at radius 2 is 1.67 bits per heavy atom. The lowest BCUT2D eigenvalue weighted by atomic mass is 10.3. The van der Waals surface area contributed by atoms with Gasteiger partial charge in [0.25, 0.3) is 0 Å². The standard InChI is InChI=1S/C12H7F2O/c13-9-4-6-11(7-5-9)15-12-3-1-2-10(14)8-12/h1,3-8H. The molecule has 0 bridgehead atoms. The van der Waals surface area contributed by atoms with Gasteiger partial charge in [-0.25, -0.2) is 8.78 Å². The molecule has 1 nitrogen and oxygen atoms in total. The summed E-state index contributed by atoms with van der Waals surface area (Å²) in [5.74, 6) is -0.00982. The predicted molar refractivity (Wildman–Crippen MR) is 51.7 cm³/mol. The molecule has 15 heavy (non-hydrogen) atoms. The van der Waals surface area contributed by atoms with Crippen LogP contribution in [-0.4, -0.2) is 0 Å². The molecule has 0 atom stereocenters. The minimum atomic E-state index is -0.491.